The van der Waals surface area contributed by atoms with Crippen molar-refractivity contribution in [1.29, 1.82) is 0 Å². The summed E-state index contributed by atoms with van der Waals surface area (Å²) in [5, 5.41) is 3.55. The molecule has 0 saturated heterocycles. The van der Waals surface area contributed by atoms with Crippen LogP contribution in [0.3, 0.4) is 0 Å². The molecule has 1 aromatic heterocycles. The van der Waals surface area contributed by atoms with E-state index in [1.807, 2.05) is 6.07 Å². The molecule has 0 bridgehead atoms. The summed E-state index contributed by atoms with van der Waals surface area (Å²) in [6, 6.07) is 2.52. The van der Waals surface area contributed by atoms with Crippen LogP contribution in [0.2, 0.25) is 0 Å². The molecular weight excluding hydrogens is 188 g/mol. The first-order chi connectivity index (χ1) is 7.09. The Hall–Kier alpha value is -0.800. The van der Waals surface area contributed by atoms with Crippen LogP contribution in [-0.2, 0) is 6.54 Å². The minimum absolute atomic E-state index is 0.523. The van der Waals surface area contributed by atoms with E-state index in [0.717, 1.165) is 13.1 Å². The topological polar surface area (TPSA) is 28.4 Å². The van der Waals surface area contributed by atoms with Crippen molar-refractivity contribution in [1.82, 2.24) is 10.2 Å². The molecule has 3 heteroatoms. The van der Waals surface area contributed by atoms with Gasteiger partial charge in [0.25, 0.3) is 0 Å². The van der Waals surface area contributed by atoms with Crippen molar-refractivity contribution in [3.8, 4) is 0 Å². The molecule has 1 heterocycles. The average molecular weight is 210 g/mol. The van der Waals surface area contributed by atoms with Crippen LogP contribution in [0.1, 0.15) is 19.4 Å². The van der Waals surface area contributed by atoms with Gasteiger partial charge in [-0.1, -0.05) is 13.8 Å². The van der Waals surface area contributed by atoms with Crippen LogP contribution in [0, 0.1) is 5.92 Å². The van der Waals surface area contributed by atoms with Crippen molar-refractivity contribution in [3.63, 3.8) is 0 Å². The number of furan rings is 1. The third-order valence-electron chi connectivity index (χ3n) is 2.52. The maximum absolute atomic E-state index is 5.04. The lowest BCUT2D eigenvalue weighted by Gasteiger charge is -2.25. The Morgan fingerprint density at radius 2 is 2.13 bits per heavy atom. The number of likely N-dealkylation sites (N-methyl/N-ethyl adjacent to an activating group) is 1. The minimum atomic E-state index is 0.523. The molecule has 1 aromatic rings. The lowest BCUT2D eigenvalue weighted by Crippen LogP contribution is -2.41. The quantitative estimate of drug-likeness (QED) is 0.778. The van der Waals surface area contributed by atoms with Crippen LogP contribution in [-0.4, -0.2) is 31.6 Å². The maximum atomic E-state index is 5.04. The molecule has 0 saturated carbocycles. The van der Waals surface area contributed by atoms with Gasteiger partial charge in [-0.2, -0.15) is 0 Å². The molecule has 0 amide bonds. The summed E-state index contributed by atoms with van der Waals surface area (Å²) in [4.78, 5) is 2.22. The summed E-state index contributed by atoms with van der Waals surface area (Å²) < 4.78 is 5.04. The fourth-order valence-corrected chi connectivity index (χ4v) is 1.55. The van der Waals surface area contributed by atoms with Gasteiger partial charge in [-0.25, -0.2) is 0 Å². The molecule has 3 nitrogen and oxygen atoms in total. The highest BCUT2D eigenvalue weighted by Crippen LogP contribution is 2.05. The van der Waals surface area contributed by atoms with Gasteiger partial charge in [-0.3, -0.25) is 0 Å². The molecular formula is C12H22N2O. The van der Waals surface area contributed by atoms with Gasteiger partial charge < -0.3 is 14.6 Å². The van der Waals surface area contributed by atoms with E-state index in [4.69, 9.17) is 4.42 Å². The van der Waals surface area contributed by atoms with Crippen molar-refractivity contribution in [3.05, 3.63) is 24.2 Å². The van der Waals surface area contributed by atoms with Gasteiger partial charge in [0, 0.05) is 24.7 Å². The second-order valence-electron chi connectivity index (χ2n) is 4.63. The third kappa shape index (κ3) is 4.49. The van der Waals surface area contributed by atoms with Gasteiger partial charge in [-0.05, 0) is 26.1 Å². The summed E-state index contributed by atoms with van der Waals surface area (Å²) in [7, 11) is 4.21. The fourth-order valence-electron chi connectivity index (χ4n) is 1.55. The Bertz CT molecular complexity index is 255. The first kappa shape index (κ1) is 12.3. The van der Waals surface area contributed by atoms with E-state index in [0.29, 0.717) is 12.0 Å². The maximum Gasteiger partial charge on any atom is 0.0947 e. The molecule has 0 aliphatic carbocycles. The van der Waals surface area contributed by atoms with E-state index in [-0.39, 0.29) is 0 Å². The Morgan fingerprint density at radius 3 is 2.60 bits per heavy atom. The second-order valence-corrected chi connectivity index (χ2v) is 4.63. The minimum Gasteiger partial charge on any atom is -0.472 e. The van der Waals surface area contributed by atoms with Gasteiger partial charge in [0.05, 0.1) is 12.5 Å². The van der Waals surface area contributed by atoms with Crippen LogP contribution in [0.5, 0.6) is 0 Å². The van der Waals surface area contributed by atoms with Gasteiger partial charge in [0.15, 0.2) is 0 Å². The molecule has 1 atom stereocenters. The van der Waals surface area contributed by atoms with E-state index in [1.165, 1.54) is 5.56 Å². The monoisotopic (exact) mass is 210 g/mol. The van der Waals surface area contributed by atoms with Crippen molar-refractivity contribution in [2.45, 2.75) is 26.4 Å². The van der Waals surface area contributed by atoms with Crippen molar-refractivity contribution < 1.29 is 4.42 Å². The standard InChI is InChI=1S/C12H22N2O/c1-10(2)12(8-14(3)4)13-7-11-5-6-15-9-11/h5-6,9-10,12-13H,7-8H2,1-4H3. The lowest BCUT2D eigenvalue weighted by molar-refractivity contribution is 0.288. The predicted octanol–water partition coefficient (Wildman–Crippen LogP) is 1.96. The molecule has 0 aliphatic heterocycles. The Balaban J connectivity index is 2.38. The zero-order valence-electron chi connectivity index (χ0n) is 10.2. The molecule has 1 N–H and O–H groups in total. The number of nitrogens with one attached hydrogen (secondary N) is 1. The molecule has 1 unspecified atom stereocenters. The normalized spacial score (nSPS) is 13.7. The summed E-state index contributed by atoms with van der Waals surface area (Å²) >= 11 is 0. The Morgan fingerprint density at radius 1 is 1.40 bits per heavy atom. The third-order valence-corrected chi connectivity index (χ3v) is 2.52. The molecule has 1 rings (SSSR count). The van der Waals surface area contributed by atoms with E-state index in [9.17, 15) is 0 Å². The summed E-state index contributed by atoms with van der Waals surface area (Å²) in [5.41, 5.74) is 1.21. The van der Waals surface area contributed by atoms with Crippen LogP contribution in [0.25, 0.3) is 0 Å². The molecule has 15 heavy (non-hydrogen) atoms. The number of nitrogens with zero attached hydrogens (tertiary/aromatic N) is 1. The van der Waals surface area contributed by atoms with Crippen LogP contribution >= 0.6 is 0 Å². The average Bonchev–Trinajstić information content (AvgIpc) is 2.63. The van der Waals surface area contributed by atoms with Gasteiger partial charge in [-0.15, -0.1) is 0 Å². The molecule has 0 spiro atoms. The Kier molecular flexibility index (Phi) is 4.85. The second kappa shape index (κ2) is 5.93. The van der Waals surface area contributed by atoms with Crippen molar-refractivity contribution in [2.75, 3.05) is 20.6 Å². The van der Waals surface area contributed by atoms with E-state index in [1.54, 1.807) is 12.5 Å². The van der Waals surface area contributed by atoms with E-state index >= 15 is 0 Å². The largest absolute Gasteiger partial charge is 0.472 e. The Labute approximate surface area is 92.5 Å². The number of rotatable bonds is 6. The smallest absolute Gasteiger partial charge is 0.0947 e. The predicted molar refractivity (Wildman–Crippen MR) is 62.7 cm³/mol. The zero-order valence-corrected chi connectivity index (χ0v) is 10.2. The van der Waals surface area contributed by atoms with Gasteiger partial charge in [0.1, 0.15) is 0 Å². The molecule has 0 radical (unpaired) electrons. The SMILES string of the molecule is CC(C)C(CN(C)C)NCc1ccoc1. The summed E-state index contributed by atoms with van der Waals surface area (Å²) in [5.74, 6) is 0.638. The molecule has 0 fully saturated rings. The van der Waals surface area contributed by atoms with Gasteiger partial charge in [0.2, 0.25) is 0 Å². The zero-order chi connectivity index (χ0) is 11.3. The molecule has 0 aliphatic rings. The molecule has 0 aromatic carbocycles. The summed E-state index contributed by atoms with van der Waals surface area (Å²) in [6.45, 7) is 6.44. The van der Waals surface area contributed by atoms with Crippen LogP contribution in [0.4, 0.5) is 0 Å². The van der Waals surface area contributed by atoms with E-state index < -0.39 is 0 Å². The van der Waals surface area contributed by atoms with Crippen LogP contribution in [0.15, 0.2) is 23.0 Å². The summed E-state index contributed by atoms with van der Waals surface area (Å²) in [6.07, 6.45) is 3.51. The number of hydrogen-bond acceptors (Lipinski definition) is 3. The highest BCUT2D eigenvalue weighted by atomic mass is 16.3. The fraction of sp³-hybridized carbons (Fsp3) is 0.667. The van der Waals surface area contributed by atoms with Crippen LogP contribution < -0.4 is 5.32 Å². The lowest BCUT2D eigenvalue weighted by atomic mass is 10.0. The highest BCUT2D eigenvalue weighted by Gasteiger charge is 2.13. The van der Waals surface area contributed by atoms with E-state index in [2.05, 4.69) is 38.2 Å². The first-order valence-electron chi connectivity index (χ1n) is 5.48. The highest BCUT2D eigenvalue weighted by molar-refractivity contribution is 5.04. The first-order valence-corrected chi connectivity index (χ1v) is 5.48. The number of hydrogen-bond donors (Lipinski definition) is 1. The van der Waals surface area contributed by atoms with Crippen molar-refractivity contribution in [2.24, 2.45) is 5.92 Å². The van der Waals surface area contributed by atoms with Gasteiger partial charge >= 0.3 is 0 Å². The van der Waals surface area contributed by atoms with Crippen molar-refractivity contribution >= 4 is 0 Å². The molecule has 86 valence electrons.